The molecule has 2 aromatic carbocycles. The molecule has 4 nitrogen and oxygen atoms in total. The first-order valence-electron chi connectivity index (χ1n) is 9.00. The van der Waals surface area contributed by atoms with Gasteiger partial charge in [0.1, 0.15) is 5.75 Å². The van der Waals surface area contributed by atoms with Crippen molar-refractivity contribution in [1.29, 1.82) is 0 Å². The van der Waals surface area contributed by atoms with E-state index < -0.39 is 6.61 Å². The predicted octanol–water partition coefficient (Wildman–Crippen LogP) is 4.41. The number of ether oxygens (including phenoxy) is 1. The van der Waals surface area contributed by atoms with Crippen molar-refractivity contribution in [3.05, 3.63) is 60.2 Å². The third-order valence-electron chi connectivity index (χ3n) is 4.56. The number of nitrogens with one attached hydrogen (secondary N) is 2. The van der Waals surface area contributed by atoms with Crippen molar-refractivity contribution in [1.82, 2.24) is 10.2 Å². The molecule has 0 bridgehead atoms. The lowest BCUT2D eigenvalue weighted by Gasteiger charge is -2.28. The molecule has 7 heteroatoms. The summed E-state index contributed by atoms with van der Waals surface area (Å²) in [5.74, 6) is 0.118. The Bertz CT molecular complexity index is 722. The third kappa shape index (κ3) is 5.87. The molecule has 2 aromatic rings. The van der Waals surface area contributed by atoms with Crippen molar-refractivity contribution in [3.8, 4) is 5.75 Å². The highest BCUT2D eigenvalue weighted by Crippen LogP contribution is 2.24. The molecule has 1 heterocycles. The number of anilines is 1. The van der Waals surface area contributed by atoms with Crippen molar-refractivity contribution in [2.24, 2.45) is 0 Å². The summed E-state index contributed by atoms with van der Waals surface area (Å²) >= 11 is 5.39. The number of nitrogens with zero attached hydrogens (tertiary/aromatic N) is 1. The van der Waals surface area contributed by atoms with Gasteiger partial charge in [0.15, 0.2) is 5.11 Å². The Kier molecular flexibility index (Phi) is 6.95. The number of hydrogen-bond acceptors (Lipinski definition) is 3. The predicted molar refractivity (Wildman–Crippen MR) is 107 cm³/mol. The molecule has 144 valence electrons. The summed E-state index contributed by atoms with van der Waals surface area (Å²) in [6.45, 7) is 0.0507. The summed E-state index contributed by atoms with van der Waals surface area (Å²) < 4.78 is 28.7. The van der Waals surface area contributed by atoms with E-state index in [2.05, 4.69) is 44.5 Å². The normalized spacial score (nSPS) is 15.5. The lowest BCUT2D eigenvalue weighted by atomic mass is 10.1. The van der Waals surface area contributed by atoms with Crippen molar-refractivity contribution in [3.63, 3.8) is 0 Å². The average molecular weight is 391 g/mol. The molecule has 1 saturated heterocycles. The smallest absolute Gasteiger partial charge is 0.387 e. The van der Waals surface area contributed by atoms with Gasteiger partial charge in [-0.15, -0.1) is 0 Å². The fourth-order valence-electron chi connectivity index (χ4n) is 3.27. The number of alkyl halides is 2. The summed E-state index contributed by atoms with van der Waals surface area (Å²) in [4.78, 5) is 2.47. The molecular formula is C20H23F2N3OS. The van der Waals surface area contributed by atoms with Crippen LogP contribution in [0, 0.1) is 0 Å². The van der Waals surface area contributed by atoms with Gasteiger partial charge in [0, 0.05) is 12.2 Å². The van der Waals surface area contributed by atoms with Crippen LogP contribution >= 0.6 is 12.2 Å². The van der Waals surface area contributed by atoms with Gasteiger partial charge in [0.2, 0.25) is 0 Å². The summed E-state index contributed by atoms with van der Waals surface area (Å²) in [6, 6.07) is 16.9. The molecule has 0 saturated carbocycles. The molecular weight excluding hydrogens is 368 g/mol. The highest BCUT2D eigenvalue weighted by molar-refractivity contribution is 7.80. The first kappa shape index (κ1) is 19.5. The van der Waals surface area contributed by atoms with Gasteiger partial charge >= 0.3 is 6.61 Å². The van der Waals surface area contributed by atoms with E-state index >= 15 is 0 Å². The Balaban J connectivity index is 1.56. The van der Waals surface area contributed by atoms with Crippen LogP contribution in [-0.4, -0.2) is 36.3 Å². The Hall–Kier alpha value is -2.25. The van der Waals surface area contributed by atoms with Gasteiger partial charge in [0.25, 0.3) is 0 Å². The molecule has 0 radical (unpaired) electrons. The van der Waals surface area contributed by atoms with Gasteiger partial charge in [-0.3, -0.25) is 4.90 Å². The van der Waals surface area contributed by atoms with Crippen molar-refractivity contribution < 1.29 is 13.5 Å². The Morgan fingerprint density at radius 3 is 2.33 bits per heavy atom. The largest absolute Gasteiger partial charge is 0.435 e. The molecule has 0 unspecified atom stereocenters. The van der Waals surface area contributed by atoms with E-state index in [9.17, 15) is 8.78 Å². The molecule has 1 fully saturated rings. The van der Waals surface area contributed by atoms with Crippen LogP contribution < -0.4 is 15.4 Å². The fraction of sp³-hybridized carbons (Fsp3) is 0.350. The van der Waals surface area contributed by atoms with Crippen LogP contribution in [0.2, 0.25) is 0 Å². The topological polar surface area (TPSA) is 36.5 Å². The van der Waals surface area contributed by atoms with Crippen molar-refractivity contribution in [2.75, 3.05) is 25.0 Å². The summed E-state index contributed by atoms with van der Waals surface area (Å²) in [5, 5.41) is 6.86. The van der Waals surface area contributed by atoms with Gasteiger partial charge in [-0.25, -0.2) is 0 Å². The minimum atomic E-state index is -2.83. The van der Waals surface area contributed by atoms with Gasteiger partial charge in [-0.1, -0.05) is 30.3 Å². The van der Waals surface area contributed by atoms with E-state index in [4.69, 9.17) is 12.2 Å². The Morgan fingerprint density at radius 1 is 1.04 bits per heavy atom. The maximum absolute atomic E-state index is 12.2. The number of halogens is 2. The second-order valence-corrected chi connectivity index (χ2v) is 6.82. The van der Waals surface area contributed by atoms with Crippen LogP contribution in [0.1, 0.15) is 24.4 Å². The van der Waals surface area contributed by atoms with E-state index in [0.717, 1.165) is 13.1 Å². The number of thiocarbonyl (C=S) groups is 1. The second-order valence-electron chi connectivity index (χ2n) is 6.41. The van der Waals surface area contributed by atoms with Crippen LogP contribution in [-0.2, 0) is 0 Å². The maximum Gasteiger partial charge on any atom is 0.387 e. The summed E-state index contributed by atoms with van der Waals surface area (Å²) in [6.07, 6.45) is 2.44. The standard InChI is InChI=1S/C20H23F2N3OS/c21-19(22)26-17-10-8-16(9-11-17)24-20(27)23-14-18(25-12-4-5-13-25)15-6-2-1-3-7-15/h1-3,6-11,18-19H,4-5,12-14H2,(H2,23,24,27)/t18-/m1/s1. The van der Waals surface area contributed by atoms with Crippen LogP contribution in [0.15, 0.2) is 54.6 Å². The lowest BCUT2D eigenvalue weighted by Crippen LogP contribution is -2.38. The zero-order valence-corrected chi connectivity index (χ0v) is 15.7. The zero-order valence-electron chi connectivity index (χ0n) is 14.9. The number of likely N-dealkylation sites (tertiary alicyclic amines) is 1. The SMILES string of the molecule is FC(F)Oc1ccc(NC(=S)NC[C@H](c2ccccc2)N2CCCC2)cc1. The van der Waals surface area contributed by atoms with Crippen LogP contribution in [0.25, 0.3) is 0 Å². The first-order chi connectivity index (χ1) is 13.1. The molecule has 0 aromatic heterocycles. The highest BCUT2D eigenvalue weighted by Gasteiger charge is 2.23. The number of hydrogen-bond donors (Lipinski definition) is 2. The quantitative estimate of drug-likeness (QED) is 0.684. The van der Waals surface area contributed by atoms with E-state index in [1.807, 2.05) is 6.07 Å². The third-order valence-corrected chi connectivity index (χ3v) is 4.81. The van der Waals surface area contributed by atoms with Crippen LogP contribution in [0.5, 0.6) is 5.75 Å². The second kappa shape index (κ2) is 9.62. The van der Waals surface area contributed by atoms with Crippen LogP contribution in [0.3, 0.4) is 0 Å². The van der Waals surface area contributed by atoms with Gasteiger partial charge in [-0.05, 0) is 68.0 Å². The van der Waals surface area contributed by atoms with E-state index in [-0.39, 0.29) is 11.8 Å². The minimum absolute atomic E-state index is 0.118. The monoisotopic (exact) mass is 391 g/mol. The number of rotatable bonds is 7. The van der Waals surface area contributed by atoms with Gasteiger partial charge in [-0.2, -0.15) is 8.78 Å². The summed E-state index contributed by atoms with van der Waals surface area (Å²) in [5.41, 5.74) is 1.98. The van der Waals surface area contributed by atoms with Crippen LogP contribution in [0.4, 0.5) is 14.5 Å². The van der Waals surface area contributed by atoms with Gasteiger partial charge < -0.3 is 15.4 Å². The highest BCUT2D eigenvalue weighted by atomic mass is 32.1. The zero-order chi connectivity index (χ0) is 19.1. The maximum atomic E-state index is 12.2. The molecule has 1 atom stereocenters. The van der Waals surface area contributed by atoms with E-state index in [1.54, 1.807) is 12.1 Å². The lowest BCUT2D eigenvalue weighted by molar-refractivity contribution is -0.0498. The molecule has 0 spiro atoms. The average Bonchev–Trinajstić information content (AvgIpc) is 3.18. The van der Waals surface area contributed by atoms with E-state index in [1.165, 1.54) is 30.5 Å². The molecule has 1 aliphatic rings. The number of benzene rings is 2. The molecule has 0 amide bonds. The Morgan fingerprint density at radius 2 is 1.70 bits per heavy atom. The first-order valence-corrected chi connectivity index (χ1v) is 9.41. The van der Waals surface area contributed by atoms with Crippen molar-refractivity contribution in [2.45, 2.75) is 25.5 Å². The van der Waals surface area contributed by atoms with Gasteiger partial charge in [0.05, 0.1) is 6.04 Å². The Labute approximate surface area is 163 Å². The minimum Gasteiger partial charge on any atom is -0.435 e. The molecule has 2 N–H and O–H groups in total. The van der Waals surface area contributed by atoms with Crippen molar-refractivity contribution >= 4 is 23.0 Å². The molecule has 3 rings (SSSR count). The molecule has 0 aliphatic carbocycles. The molecule has 1 aliphatic heterocycles. The fourth-order valence-corrected chi connectivity index (χ4v) is 3.47. The van der Waals surface area contributed by atoms with E-state index in [0.29, 0.717) is 17.3 Å². The molecule has 27 heavy (non-hydrogen) atoms. The summed E-state index contributed by atoms with van der Waals surface area (Å²) in [7, 11) is 0.